The van der Waals surface area contributed by atoms with Crippen molar-refractivity contribution >= 4 is 5.97 Å². The molecule has 4 heteroatoms. The van der Waals surface area contributed by atoms with Crippen molar-refractivity contribution in [3.8, 4) is 0 Å². The zero-order valence-electron chi connectivity index (χ0n) is 12.2. The smallest absolute Gasteiger partial charge is 0.310 e. The minimum Gasteiger partial charge on any atom is -0.465 e. The molecule has 3 aliphatic carbocycles. The number of hydrogen-bond acceptors (Lipinski definition) is 4. The van der Waals surface area contributed by atoms with Gasteiger partial charge in [-0.05, 0) is 18.8 Å². The molecule has 19 heavy (non-hydrogen) atoms. The maximum absolute atomic E-state index is 12.2. The lowest BCUT2D eigenvalue weighted by Gasteiger charge is -2.64. The third kappa shape index (κ3) is 1.34. The van der Waals surface area contributed by atoms with Crippen LogP contribution < -0.4 is 0 Å². The molecule has 4 fully saturated rings. The van der Waals surface area contributed by atoms with Crippen LogP contribution in [0.3, 0.4) is 0 Å². The summed E-state index contributed by atoms with van der Waals surface area (Å²) < 4.78 is 11.0. The van der Waals surface area contributed by atoms with E-state index in [0.717, 1.165) is 12.8 Å². The highest BCUT2D eigenvalue weighted by Gasteiger charge is 2.72. The van der Waals surface area contributed by atoms with Crippen LogP contribution >= 0.6 is 0 Å². The van der Waals surface area contributed by atoms with Crippen molar-refractivity contribution in [1.82, 2.24) is 0 Å². The van der Waals surface area contributed by atoms with Gasteiger partial charge in [0.1, 0.15) is 0 Å². The van der Waals surface area contributed by atoms with Gasteiger partial charge in [0.2, 0.25) is 0 Å². The molecule has 0 aromatic carbocycles. The third-order valence-electron chi connectivity index (χ3n) is 6.40. The van der Waals surface area contributed by atoms with E-state index in [1.807, 2.05) is 0 Å². The lowest BCUT2D eigenvalue weighted by atomic mass is 9.41. The lowest BCUT2D eigenvalue weighted by molar-refractivity contribution is -0.259. The Balaban J connectivity index is 2.15. The molecular weight excluding hydrogens is 244 g/mol. The molecule has 0 spiro atoms. The number of methoxy groups -OCH3 is 1. The number of fused-ring (bicyclic) bond motifs is 2. The van der Waals surface area contributed by atoms with Crippen molar-refractivity contribution in [3.63, 3.8) is 0 Å². The fraction of sp³-hybridized carbons (Fsp3) is 0.933. The number of cyclic esters (lactones) is 1. The van der Waals surface area contributed by atoms with Gasteiger partial charge >= 0.3 is 5.97 Å². The molecule has 1 N–H and O–H groups in total. The predicted octanol–water partition coefficient (Wildman–Crippen LogP) is 1.61. The number of hydrogen-bond donors (Lipinski definition) is 1. The SMILES string of the molecule is COC1C(O)C2(C(C)C)CCC1(C)C1COC(=O)C12. The molecule has 0 radical (unpaired) electrons. The molecule has 0 amide bonds. The van der Waals surface area contributed by atoms with Crippen molar-refractivity contribution < 1.29 is 19.4 Å². The van der Waals surface area contributed by atoms with E-state index >= 15 is 0 Å². The van der Waals surface area contributed by atoms with E-state index in [2.05, 4.69) is 20.8 Å². The number of carbonyl (C=O) groups is 1. The second kappa shape index (κ2) is 3.95. The summed E-state index contributed by atoms with van der Waals surface area (Å²) in [7, 11) is 1.67. The number of carbonyl (C=O) groups excluding carboxylic acids is 1. The Labute approximate surface area is 114 Å². The van der Waals surface area contributed by atoms with E-state index in [4.69, 9.17) is 9.47 Å². The zero-order valence-corrected chi connectivity index (χ0v) is 12.2. The molecule has 0 aromatic rings. The van der Waals surface area contributed by atoms with Crippen molar-refractivity contribution in [3.05, 3.63) is 0 Å². The molecule has 4 aliphatic rings. The molecule has 0 aromatic heterocycles. The Kier molecular flexibility index (Phi) is 2.78. The first-order valence-electron chi connectivity index (χ1n) is 7.27. The van der Waals surface area contributed by atoms with Gasteiger partial charge in [0, 0.05) is 23.9 Å². The van der Waals surface area contributed by atoms with Crippen LogP contribution in [0.4, 0.5) is 0 Å². The third-order valence-corrected chi connectivity index (χ3v) is 6.40. The summed E-state index contributed by atoms with van der Waals surface area (Å²) >= 11 is 0. The summed E-state index contributed by atoms with van der Waals surface area (Å²) in [5, 5.41) is 10.9. The molecule has 108 valence electrons. The Hall–Kier alpha value is -0.610. The standard InChI is InChI=1S/C15H24O4/c1-8(2)15-6-5-14(3,12(18-4)11(15)16)9-7-19-13(17)10(9)15/h8-12,16H,5-7H2,1-4H3. The highest BCUT2D eigenvalue weighted by molar-refractivity contribution is 5.77. The Bertz CT molecular complexity index is 407. The summed E-state index contributed by atoms with van der Waals surface area (Å²) in [6.07, 6.45) is 1.11. The fourth-order valence-corrected chi connectivity index (χ4v) is 5.23. The highest BCUT2D eigenvalue weighted by atomic mass is 16.5. The molecule has 3 saturated carbocycles. The van der Waals surface area contributed by atoms with Crippen LogP contribution in [-0.2, 0) is 14.3 Å². The van der Waals surface area contributed by atoms with Crippen molar-refractivity contribution in [2.24, 2.45) is 28.6 Å². The molecule has 1 saturated heterocycles. The van der Waals surface area contributed by atoms with Crippen molar-refractivity contribution in [1.29, 1.82) is 0 Å². The Morgan fingerprint density at radius 1 is 1.42 bits per heavy atom. The van der Waals surface area contributed by atoms with E-state index < -0.39 is 6.10 Å². The van der Waals surface area contributed by atoms with E-state index in [1.54, 1.807) is 7.11 Å². The number of aliphatic hydroxyl groups is 1. The average Bonchev–Trinajstić information content (AvgIpc) is 2.74. The van der Waals surface area contributed by atoms with Gasteiger partial charge in [-0.1, -0.05) is 20.8 Å². The largest absolute Gasteiger partial charge is 0.465 e. The quantitative estimate of drug-likeness (QED) is 0.773. The monoisotopic (exact) mass is 268 g/mol. The molecular formula is C15H24O4. The lowest BCUT2D eigenvalue weighted by Crippen LogP contribution is -2.70. The predicted molar refractivity (Wildman–Crippen MR) is 69.4 cm³/mol. The second-order valence-electron chi connectivity index (χ2n) is 7.09. The molecule has 2 bridgehead atoms. The maximum Gasteiger partial charge on any atom is 0.310 e. The van der Waals surface area contributed by atoms with Crippen molar-refractivity contribution in [2.45, 2.75) is 45.8 Å². The van der Waals surface area contributed by atoms with Crippen LogP contribution in [0.15, 0.2) is 0 Å². The second-order valence-corrected chi connectivity index (χ2v) is 7.09. The van der Waals surface area contributed by atoms with E-state index in [0.29, 0.717) is 6.61 Å². The number of esters is 1. The Morgan fingerprint density at radius 3 is 2.68 bits per heavy atom. The normalized spacial score (nSPS) is 52.4. The van der Waals surface area contributed by atoms with Crippen LogP contribution in [0.5, 0.6) is 0 Å². The summed E-state index contributed by atoms with van der Waals surface area (Å²) in [5.41, 5.74) is -0.529. The van der Waals surface area contributed by atoms with Gasteiger partial charge in [-0.25, -0.2) is 0 Å². The van der Waals surface area contributed by atoms with Crippen LogP contribution in [0.25, 0.3) is 0 Å². The molecule has 6 unspecified atom stereocenters. The van der Waals surface area contributed by atoms with Gasteiger partial charge in [0.25, 0.3) is 0 Å². The number of ether oxygens (including phenoxy) is 2. The zero-order chi connectivity index (χ0) is 14.0. The van der Waals surface area contributed by atoms with Crippen LogP contribution in [-0.4, -0.2) is 37.0 Å². The highest BCUT2D eigenvalue weighted by Crippen LogP contribution is 2.67. The van der Waals surface area contributed by atoms with Crippen LogP contribution in [0, 0.1) is 28.6 Å². The summed E-state index contributed by atoms with van der Waals surface area (Å²) in [5.74, 6) is 0.151. The first-order valence-corrected chi connectivity index (χ1v) is 7.27. The summed E-state index contributed by atoms with van der Waals surface area (Å²) in [6, 6.07) is 0. The minimum atomic E-state index is -0.580. The molecule has 1 aliphatic heterocycles. The van der Waals surface area contributed by atoms with E-state index in [-0.39, 0.29) is 40.7 Å². The van der Waals surface area contributed by atoms with Gasteiger partial charge in [-0.2, -0.15) is 0 Å². The minimum absolute atomic E-state index is 0.113. The average molecular weight is 268 g/mol. The van der Waals surface area contributed by atoms with Gasteiger partial charge in [-0.15, -0.1) is 0 Å². The molecule has 6 atom stereocenters. The van der Waals surface area contributed by atoms with Gasteiger partial charge in [0.05, 0.1) is 24.7 Å². The van der Waals surface area contributed by atoms with Crippen molar-refractivity contribution in [2.75, 3.05) is 13.7 Å². The van der Waals surface area contributed by atoms with Crippen LogP contribution in [0.2, 0.25) is 0 Å². The van der Waals surface area contributed by atoms with Gasteiger partial charge in [0.15, 0.2) is 0 Å². The summed E-state index contributed by atoms with van der Waals surface area (Å²) in [6.45, 7) is 6.84. The first-order chi connectivity index (χ1) is 8.89. The molecule has 4 nitrogen and oxygen atoms in total. The fourth-order valence-electron chi connectivity index (χ4n) is 5.23. The van der Waals surface area contributed by atoms with Gasteiger partial charge < -0.3 is 14.6 Å². The maximum atomic E-state index is 12.2. The van der Waals surface area contributed by atoms with E-state index in [1.165, 1.54) is 0 Å². The first kappa shape index (κ1) is 13.4. The van der Waals surface area contributed by atoms with Gasteiger partial charge in [-0.3, -0.25) is 4.79 Å². The topological polar surface area (TPSA) is 55.8 Å². The summed E-state index contributed by atoms with van der Waals surface area (Å²) in [4.78, 5) is 12.2. The number of aliphatic hydroxyl groups excluding tert-OH is 1. The number of rotatable bonds is 2. The van der Waals surface area contributed by atoms with Crippen LogP contribution in [0.1, 0.15) is 33.6 Å². The Morgan fingerprint density at radius 2 is 2.11 bits per heavy atom. The molecule has 4 rings (SSSR count). The molecule has 1 heterocycles. The van der Waals surface area contributed by atoms with E-state index in [9.17, 15) is 9.90 Å².